The average Bonchev–Trinajstić information content (AvgIpc) is 3.31. The van der Waals surface area contributed by atoms with Crippen LogP contribution in [-0.2, 0) is 11.2 Å². The lowest BCUT2D eigenvalue weighted by Gasteiger charge is -2.12. The highest BCUT2D eigenvalue weighted by molar-refractivity contribution is 7.10. The molecule has 1 heterocycles. The first-order valence-corrected chi connectivity index (χ1v) is 11.6. The van der Waals surface area contributed by atoms with Crippen LogP contribution in [-0.4, -0.2) is 25.0 Å². The van der Waals surface area contributed by atoms with Gasteiger partial charge in [-0.15, -0.1) is 11.3 Å². The van der Waals surface area contributed by atoms with E-state index in [1.807, 2.05) is 48.7 Å². The Labute approximate surface area is 193 Å². The van der Waals surface area contributed by atoms with Crippen molar-refractivity contribution in [1.29, 1.82) is 0 Å². The first-order valence-electron chi connectivity index (χ1n) is 10.7. The first-order chi connectivity index (χ1) is 15.6. The number of hydrogen-bond acceptors (Lipinski definition) is 4. The molecule has 0 fully saturated rings. The summed E-state index contributed by atoms with van der Waals surface area (Å²) in [6.07, 6.45) is 3.83. The van der Waals surface area contributed by atoms with Gasteiger partial charge in [0.1, 0.15) is 18.1 Å². The molecule has 2 amide bonds. The third kappa shape index (κ3) is 6.82. The molecule has 0 unspecified atom stereocenters. The molecule has 3 rings (SSSR count). The average molecular weight is 449 g/mol. The van der Waals surface area contributed by atoms with Crippen molar-refractivity contribution in [3.8, 4) is 5.75 Å². The van der Waals surface area contributed by atoms with E-state index in [0.717, 1.165) is 29.0 Å². The fraction of sp³-hybridized carbons (Fsp3) is 0.231. The molecule has 2 aromatic carbocycles. The molecule has 0 spiro atoms. The zero-order chi connectivity index (χ0) is 22.8. The molecule has 6 heteroatoms. The molecule has 0 aliphatic rings. The molecule has 2 N–H and O–H groups in total. The normalized spacial score (nSPS) is 11.1. The van der Waals surface area contributed by atoms with Gasteiger partial charge < -0.3 is 15.4 Å². The van der Waals surface area contributed by atoms with Gasteiger partial charge in [-0.2, -0.15) is 0 Å². The van der Waals surface area contributed by atoms with Gasteiger partial charge in [0.2, 0.25) is 0 Å². The van der Waals surface area contributed by atoms with Crippen LogP contribution in [0, 0.1) is 6.92 Å². The van der Waals surface area contributed by atoms with Gasteiger partial charge in [0.25, 0.3) is 11.8 Å². The monoisotopic (exact) mass is 448 g/mol. The van der Waals surface area contributed by atoms with Gasteiger partial charge in [-0.25, -0.2) is 0 Å². The number of nitrogens with one attached hydrogen (secondary N) is 2. The molecule has 0 radical (unpaired) electrons. The molecule has 32 heavy (non-hydrogen) atoms. The summed E-state index contributed by atoms with van der Waals surface area (Å²) in [4.78, 5) is 26.4. The minimum Gasteiger partial charge on any atom is -0.492 e. The lowest BCUT2D eigenvalue weighted by atomic mass is 10.1. The van der Waals surface area contributed by atoms with Crippen LogP contribution in [0.4, 0.5) is 0 Å². The number of rotatable bonds is 10. The summed E-state index contributed by atoms with van der Waals surface area (Å²) < 4.78 is 5.72. The third-order valence-corrected chi connectivity index (χ3v) is 5.65. The van der Waals surface area contributed by atoms with Gasteiger partial charge in [0.15, 0.2) is 0 Å². The molecule has 3 aromatic rings. The Morgan fingerprint density at radius 1 is 1.03 bits per heavy atom. The lowest BCUT2D eigenvalue weighted by Crippen LogP contribution is -2.36. The number of amides is 2. The van der Waals surface area contributed by atoms with Crippen molar-refractivity contribution >= 4 is 29.2 Å². The quantitative estimate of drug-likeness (QED) is 0.340. The van der Waals surface area contributed by atoms with Crippen molar-refractivity contribution in [2.75, 3.05) is 13.2 Å². The number of benzene rings is 2. The second-order valence-corrected chi connectivity index (χ2v) is 8.32. The minimum absolute atomic E-state index is 0.199. The maximum absolute atomic E-state index is 12.8. The van der Waals surface area contributed by atoms with E-state index in [9.17, 15) is 9.59 Å². The second-order valence-electron chi connectivity index (χ2n) is 7.34. The zero-order valence-electron chi connectivity index (χ0n) is 18.4. The number of carbonyl (C=O) groups is 2. The summed E-state index contributed by atoms with van der Waals surface area (Å²) in [5.41, 5.74) is 2.86. The van der Waals surface area contributed by atoms with Crippen molar-refractivity contribution in [3.05, 3.63) is 93.3 Å². The molecule has 0 atom stereocenters. The topological polar surface area (TPSA) is 67.4 Å². The Kier molecular flexibility index (Phi) is 8.63. The molecule has 0 saturated carbocycles. The fourth-order valence-corrected chi connectivity index (χ4v) is 3.82. The van der Waals surface area contributed by atoms with Crippen molar-refractivity contribution < 1.29 is 14.3 Å². The summed E-state index contributed by atoms with van der Waals surface area (Å²) in [5, 5.41) is 7.51. The highest BCUT2D eigenvalue weighted by Crippen LogP contribution is 2.15. The van der Waals surface area contributed by atoms with Crippen molar-refractivity contribution in [2.24, 2.45) is 0 Å². The largest absolute Gasteiger partial charge is 0.492 e. The predicted octanol–water partition coefficient (Wildman–Crippen LogP) is 4.98. The van der Waals surface area contributed by atoms with Crippen LogP contribution in [0.15, 0.2) is 71.7 Å². The molecule has 0 aliphatic heterocycles. The molecule has 0 bridgehead atoms. The molecule has 0 aliphatic carbocycles. The van der Waals surface area contributed by atoms with Crippen LogP contribution in [0.1, 0.15) is 39.7 Å². The van der Waals surface area contributed by atoms with E-state index in [2.05, 4.69) is 29.7 Å². The van der Waals surface area contributed by atoms with E-state index in [1.54, 1.807) is 18.2 Å². The Morgan fingerprint density at radius 3 is 2.50 bits per heavy atom. The standard InChI is InChI=1S/C26H28N2O3S/c1-3-7-20-11-13-21(14-12-20)31-16-15-27-26(30)24(18-22-9-6-17-32-22)28-25(29)23-10-5-4-8-19(23)2/h4-6,8-14,17-18H,3,7,15-16H2,1-2H3,(H,27,30)(H,28,29)/b24-18-. The van der Waals surface area contributed by atoms with Crippen molar-refractivity contribution in [2.45, 2.75) is 26.7 Å². The van der Waals surface area contributed by atoms with Gasteiger partial charge in [-0.3, -0.25) is 9.59 Å². The molecular weight excluding hydrogens is 420 g/mol. The Morgan fingerprint density at radius 2 is 1.81 bits per heavy atom. The van der Waals surface area contributed by atoms with Crippen LogP contribution < -0.4 is 15.4 Å². The number of carbonyl (C=O) groups excluding carboxylic acids is 2. The summed E-state index contributed by atoms with van der Waals surface area (Å²) in [5.74, 6) is 0.0908. The summed E-state index contributed by atoms with van der Waals surface area (Å²) in [7, 11) is 0. The van der Waals surface area contributed by atoms with Crippen molar-refractivity contribution in [3.63, 3.8) is 0 Å². The first kappa shape index (κ1) is 23.3. The van der Waals surface area contributed by atoms with Crippen LogP contribution >= 0.6 is 11.3 Å². The number of thiophene rings is 1. The smallest absolute Gasteiger partial charge is 0.267 e. The molecular formula is C26H28N2O3S. The fourth-order valence-electron chi connectivity index (χ4n) is 3.16. The number of ether oxygens (including phenoxy) is 1. The Balaban J connectivity index is 1.59. The Hall–Kier alpha value is -3.38. The summed E-state index contributed by atoms with van der Waals surface area (Å²) in [6.45, 7) is 4.66. The molecule has 0 saturated heterocycles. The molecule has 1 aromatic heterocycles. The minimum atomic E-state index is -0.359. The van der Waals surface area contributed by atoms with Crippen LogP contribution in [0.2, 0.25) is 0 Å². The van der Waals surface area contributed by atoms with Gasteiger partial charge in [-0.1, -0.05) is 49.7 Å². The van der Waals surface area contributed by atoms with Gasteiger partial charge in [-0.05, 0) is 60.2 Å². The van der Waals surface area contributed by atoms with Gasteiger partial charge >= 0.3 is 0 Å². The van der Waals surface area contributed by atoms with Gasteiger partial charge in [0.05, 0.1) is 6.54 Å². The SMILES string of the molecule is CCCc1ccc(OCCNC(=O)/C(=C/c2cccs2)NC(=O)c2ccccc2C)cc1. The van der Waals surface area contributed by atoms with E-state index in [-0.39, 0.29) is 17.5 Å². The maximum atomic E-state index is 12.8. The summed E-state index contributed by atoms with van der Waals surface area (Å²) in [6, 6.07) is 19.1. The second kappa shape index (κ2) is 11.9. The van der Waals surface area contributed by atoms with E-state index in [1.165, 1.54) is 16.9 Å². The van der Waals surface area contributed by atoms with E-state index in [0.29, 0.717) is 18.7 Å². The van der Waals surface area contributed by atoms with Crippen LogP contribution in [0.25, 0.3) is 6.08 Å². The Bertz CT molecular complexity index is 1060. The lowest BCUT2D eigenvalue weighted by molar-refractivity contribution is -0.117. The number of hydrogen-bond donors (Lipinski definition) is 2. The predicted molar refractivity (Wildman–Crippen MR) is 130 cm³/mol. The van der Waals surface area contributed by atoms with Crippen molar-refractivity contribution in [1.82, 2.24) is 10.6 Å². The number of aryl methyl sites for hydroxylation is 2. The molecule has 166 valence electrons. The maximum Gasteiger partial charge on any atom is 0.267 e. The highest BCUT2D eigenvalue weighted by atomic mass is 32.1. The summed E-state index contributed by atoms with van der Waals surface area (Å²) >= 11 is 1.49. The van der Waals surface area contributed by atoms with Gasteiger partial charge in [0, 0.05) is 10.4 Å². The van der Waals surface area contributed by atoms with Crippen LogP contribution in [0.5, 0.6) is 5.75 Å². The van der Waals surface area contributed by atoms with E-state index in [4.69, 9.17) is 4.74 Å². The zero-order valence-corrected chi connectivity index (χ0v) is 19.2. The van der Waals surface area contributed by atoms with Crippen LogP contribution in [0.3, 0.4) is 0 Å². The third-order valence-electron chi connectivity index (χ3n) is 4.83. The van der Waals surface area contributed by atoms with E-state index >= 15 is 0 Å². The highest BCUT2D eigenvalue weighted by Gasteiger charge is 2.16. The van der Waals surface area contributed by atoms with E-state index < -0.39 is 0 Å². The molecule has 5 nitrogen and oxygen atoms in total.